The summed E-state index contributed by atoms with van der Waals surface area (Å²) in [7, 11) is 0. The first-order chi connectivity index (χ1) is 10.2. The lowest BCUT2D eigenvalue weighted by Crippen LogP contribution is -2.25. The molecule has 0 spiro atoms. The highest BCUT2D eigenvalue weighted by molar-refractivity contribution is 5.74. The number of carbonyl (C=O) groups excluding carboxylic acids is 1. The Morgan fingerprint density at radius 1 is 1.43 bits per heavy atom. The van der Waals surface area contributed by atoms with E-state index in [9.17, 15) is 4.79 Å². The zero-order chi connectivity index (χ0) is 15.1. The van der Waals surface area contributed by atoms with Crippen LogP contribution in [0.5, 0.6) is 0 Å². The maximum Gasteiger partial charge on any atom is 0.243 e. The average Bonchev–Trinajstić information content (AvgIpc) is 2.97. The lowest BCUT2D eigenvalue weighted by Gasteiger charge is -2.11. The zero-order valence-electron chi connectivity index (χ0n) is 12.0. The topological polar surface area (TPSA) is 82.2 Å². The Balaban J connectivity index is 1.82. The van der Waals surface area contributed by atoms with Crippen molar-refractivity contribution in [2.45, 2.75) is 13.0 Å². The molecule has 0 saturated carbocycles. The number of para-hydroxylation sites is 1. The first-order valence-corrected chi connectivity index (χ1v) is 6.86. The number of rotatable bonds is 8. The molecular formula is C15H20N4O2. The Hall–Kier alpha value is -2.18. The van der Waals surface area contributed by atoms with Gasteiger partial charge in [0.05, 0.1) is 18.5 Å². The van der Waals surface area contributed by atoms with E-state index in [0.717, 1.165) is 11.3 Å². The predicted octanol–water partition coefficient (Wildman–Crippen LogP) is 1.02. The van der Waals surface area contributed by atoms with Crippen LogP contribution in [0.2, 0.25) is 0 Å². The van der Waals surface area contributed by atoms with Crippen molar-refractivity contribution in [3.8, 4) is 5.69 Å². The lowest BCUT2D eigenvalue weighted by molar-refractivity contribution is -0.122. The second-order valence-electron chi connectivity index (χ2n) is 4.75. The molecule has 6 heteroatoms. The number of hydrogen-bond acceptors (Lipinski definition) is 4. The van der Waals surface area contributed by atoms with Crippen molar-refractivity contribution < 1.29 is 9.53 Å². The number of carbonyl (C=O) groups is 1. The van der Waals surface area contributed by atoms with E-state index < -0.39 is 5.91 Å². The van der Waals surface area contributed by atoms with Gasteiger partial charge >= 0.3 is 0 Å². The number of amides is 1. The normalized spacial score (nSPS) is 12.2. The number of nitrogens with zero attached hydrogens (tertiary/aromatic N) is 2. The molecule has 3 N–H and O–H groups in total. The minimum atomic E-state index is -0.452. The number of nitrogens with two attached hydrogens (primary N) is 1. The lowest BCUT2D eigenvalue weighted by atomic mass is 10.2. The fourth-order valence-corrected chi connectivity index (χ4v) is 1.92. The van der Waals surface area contributed by atoms with Gasteiger partial charge in [0.1, 0.15) is 6.61 Å². The Morgan fingerprint density at radius 3 is 2.90 bits per heavy atom. The predicted molar refractivity (Wildman–Crippen MR) is 80.0 cm³/mol. The van der Waals surface area contributed by atoms with Crippen LogP contribution < -0.4 is 11.1 Å². The molecule has 1 aromatic carbocycles. The second-order valence-corrected chi connectivity index (χ2v) is 4.75. The fourth-order valence-electron chi connectivity index (χ4n) is 1.92. The molecule has 0 saturated heterocycles. The maximum atomic E-state index is 10.5. The number of benzene rings is 1. The summed E-state index contributed by atoms with van der Waals surface area (Å²) in [6, 6.07) is 10.1. The molecule has 0 aliphatic rings. The highest BCUT2D eigenvalue weighted by Gasteiger charge is 2.08. The van der Waals surface area contributed by atoms with Gasteiger partial charge in [-0.1, -0.05) is 18.2 Å². The maximum absolute atomic E-state index is 10.5. The molecule has 112 valence electrons. The van der Waals surface area contributed by atoms with Crippen LogP contribution in [-0.4, -0.2) is 35.4 Å². The summed E-state index contributed by atoms with van der Waals surface area (Å²) >= 11 is 0. The number of hydrogen-bond donors (Lipinski definition) is 2. The molecule has 0 bridgehead atoms. The SMILES string of the molecule is CC(NCCOCC(N)=O)c1cnn(-c2ccccc2)c1. The van der Waals surface area contributed by atoms with E-state index in [1.807, 2.05) is 47.4 Å². The van der Waals surface area contributed by atoms with Gasteiger partial charge in [0.2, 0.25) is 5.91 Å². The number of nitrogens with one attached hydrogen (secondary N) is 1. The Labute approximate surface area is 123 Å². The van der Waals surface area contributed by atoms with Crippen LogP contribution in [0.25, 0.3) is 5.69 Å². The van der Waals surface area contributed by atoms with E-state index in [4.69, 9.17) is 10.5 Å². The third kappa shape index (κ3) is 4.70. The number of primary amides is 1. The first-order valence-electron chi connectivity index (χ1n) is 6.86. The van der Waals surface area contributed by atoms with Gasteiger partial charge in [0, 0.05) is 24.3 Å². The molecular weight excluding hydrogens is 268 g/mol. The summed E-state index contributed by atoms with van der Waals surface area (Å²) in [5, 5.41) is 7.67. The van der Waals surface area contributed by atoms with Gasteiger partial charge in [-0.25, -0.2) is 4.68 Å². The van der Waals surface area contributed by atoms with Gasteiger partial charge < -0.3 is 15.8 Å². The van der Waals surface area contributed by atoms with E-state index in [0.29, 0.717) is 13.2 Å². The molecule has 1 aromatic heterocycles. The molecule has 0 fully saturated rings. The number of ether oxygens (including phenoxy) is 1. The van der Waals surface area contributed by atoms with Gasteiger partial charge in [0.15, 0.2) is 0 Å². The van der Waals surface area contributed by atoms with Gasteiger partial charge in [-0.3, -0.25) is 4.79 Å². The largest absolute Gasteiger partial charge is 0.370 e. The third-order valence-corrected chi connectivity index (χ3v) is 3.06. The monoisotopic (exact) mass is 288 g/mol. The quantitative estimate of drug-likeness (QED) is 0.711. The van der Waals surface area contributed by atoms with Crippen molar-refractivity contribution in [2.75, 3.05) is 19.8 Å². The molecule has 0 radical (unpaired) electrons. The number of aromatic nitrogens is 2. The van der Waals surface area contributed by atoms with Crippen molar-refractivity contribution in [2.24, 2.45) is 5.73 Å². The average molecular weight is 288 g/mol. The van der Waals surface area contributed by atoms with Crippen LogP contribution in [0.1, 0.15) is 18.5 Å². The van der Waals surface area contributed by atoms with Crippen molar-refractivity contribution in [3.63, 3.8) is 0 Å². The van der Waals surface area contributed by atoms with Crippen molar-refractivity contribution >= 4 is 5.91 Å². The van der Waals surface area contributed by atoms with E-state index in [1.54, 1.807) is 0 Å². The van der Waals surface area contributed by atoms with Crippen LogP contribution in [-0.2, 0) is 9.53 Å². The van der Waals surface area contributed by atoms with Crippen LogP contribution in [0.3, 0.4) is 0 Å². The van der Waals surface area contributed by atoms with Crippen molar-refractivity contribution in [1.82, 2.24) is 15.1 Å². The zero-order valence-corrected chi connectivity index (χ0v) is 12.0. The molecule has 1 atom stereocenters. The van der Waals surface area contributed by atoms with Gasteiger partial charge in [-0.15, -0.1) is 0 Å². The molecule has 21 heavy (non-hydrogen) atoms. The highest BCUT2D eigenvalue weighted by Crippen LogP contribution is 2.13. The van der Waals surface area contributed by atoms with Crippen LogP contribution >= 0.6 is 0 Å². The Morgan fingerprint density at radius 2 is 2.19 bits per heavy atom. The van der Waals surface area contributed by atoms with Crippen LogP contribution in [0.4, 0.5) is 0 Å². The molecule has 1 heterocycles. The minimum absolute atomic E-state index is 0.0397. The second kappa shape index (κ2) is 7.56. The summed E-state index contributed by atoms with van der Waals surface area (Å²) in [6.45, 7) is 3.10. The summed E-state index contributed by atoms with van der Waals surface area (Å²) in [6.07, 6.45) is 3.84. The summed E-state index contributed by atoms with van der Waals surface area (Å²) in [5.74, 6) is -0.452. The summed E-state index contributed by atoms with van der Waals surface area (Å²) in [5.41, 5.74) is 7.11. The molecule has 2 aromatic rings. The molecule has 1 unspecified atom stereocenters. The molecule has 2 rings (SSSR count). The van der Waals surface area contributed by atoms with E-state index in [-0.39, 0.29) is 12.6 Å². The van der Waals surface area contributed by atoms with Gasteiger partial charge in [-0.05, 0) is 19.1 Å². The van der Waals surface area contributed by atoms with Crippen LogP contribution in [0.15, 0.2) is 42.7 Å². The molecule has 0 aliphatic heterocycles. The first kappa shape index (κ1) is 15.2. The van der Waals surface area contributed by atoms with E-state index >= 15 is 0 Å². The molecule has 6 nitrogen and oxygen atoms in total. The van der Waals surface area contributed by atoms with E-state index in [2.05, 4.69) is 17.3 Å². The Bertz CT molecular complexity index is 568. The highest BCUT2D eigenvalue weighted by atomic mass is 16.5. The van der Waals surface area contributed by atoms with E-state index in [1.165, 1.54) is 0 Å². The summed E-state index contributed by atoms with van der Waals surface area (Å²) < 4.78 is 6.94. The van der Waals surface area contributed by atoms with Crippen LogP contribution in [0, 0.1) is 0 Å². The van der Waals surface area contributed by atoms with Gasteiger partial charge in [-0.2, -0.15) is 5.10 Å². The smallest absolute Gasteiger partial charge is 0.243 e. The molecule has 0 aliphatic carbocycles. The standard InChI is InChI=1S/C15H20N4O2/c1-12(17-7-8-21-11-15(16)20)13-9-18-19(10-13)14-5-3-2-4-6-14/h2-6,9-10,12,17H,7-8,11H2,1H3,(H2,16,20). The third-order valence-electron chi connectivity index (χ3n) is 3.06. The fraction of sp³-hybridized carbons (Fsp3) is 0.333. The van der Waals surface area contributed by atoms with Crippen molar-refractivity contribution in [1.29, 1.82) is 0 Å². The van der Waals surface area contributed by atoms with Gasteiger partial charge in [0.25, 0.3) is 0 Å². The minimum Gasteiger partial charge on any atom is -0.370 e. The summed E-state index contributed by atoms with van der Waals surface area (Å²) in [4.78, 5) is 10.5. The van der Waals surface area contributed by atoms with Crippen molar-refractivity contribution in [3.05, 3.63) is 48.3 Å². The molecule has 1 amide bonds. The Kier molecular flexibility index (Phi) is 5.48.